The van der Waals surface area contributed by atoms with Gasteiger partial charge in [0.15, 0.2) is 11.6 Å². The molecule has 1 aromatic rings. The van der Waals surface area contributed by atoms with Gasteiger partial charge in [-0.1, -0.05) is 11.6 Å². The molecule has 0 aliphatic heterocycles. The van der Waals surface area contributed by atoms with Crippen LogP contribution in [0.5, 0.6) is 5.75 Å². The summed E-state index contributed by atoms with van der Waals surface area (Å²) in [5.74, 6) is -1.14. The quantitative estimate of drug-likeness (QED) is 0.673. The van der Waals surface area contributed by atoms with Crippen molar-refractivity contribution in [1.29, 1.82) is 0 Å². The van der Waals surface area contributed by atoms with E-state index in [-0.39, 0.29) is 4.47 Å². The van der Waals surface area contributed by atoms with E-state index in [9.17, 15) is 4.39 Å². The van der Waals surface area contributed by atoms with E-state index in [1.54, 1.807) is 0 Å². The molecule has 1 aromatic carbocycles. The van der Waals surface area contributed by atoms with Gasteiger partial charge in [0.1, 0.15) is 0 Å². The van der Waals surface area contributed by atoms with Crippen LogP contribution in [0.4, 0.5) is 4.39 Å². The van der Waals surface area contributed by atoms with Crippen molar-refractivity contribution in [1.82, 2.24) is 0 Å². The summed E-state index contributed by atoms with van der Waals surface area (Å²) in [5.41, 5.74) is 0. The molecule has 0 fully saturated rings. The lowest BCUT2D eigenvalue weighted by atomic mass is 10.3. The van der Waals surface area contributed by atoms with Crippen molar-refractivity contribution >= 4 is 27.5 Å². The van der Waals surface area contributed by atoms with Crippen molar-refractivity contribution in [2.45, 2.75) is 0 Å². The van der Waals surface area contributed by atoms with E-state index in [0.717, 1.165) is 6.07 Å². The Morgan fingerprint density at radius 2 is 2.10 bits per heavy atom. The van der Waals surface area contributed by atoms with Crippen LogP contribution in [0, 0.1) is 5.82 Å². The lowest BCUT2D eigenvalue weighted by Crippen LogP contribution is -1.77. The van der Waals surface area contributed by atoms with Gasteiger partial charge in [-0.15, -0.1) is 0 Å². The van der Waals surface area contributed by atoms with Crippen molar-refractivity contribution < 1.29 is 9.50 Å². The second-order valence-corrected chi connectivity index (χ2v) is 2.89. The first-order valence-electron chi connectivity index (χ1n) is 2.45. The van der Waals surface area contributed by atoms with Crippen molar-refractivity contribution in [2.75, 3.05) is 0 Å². The van der Waals surface area contributed by atoms with Crippen LogP contribution in [0.15, 0.2) is 16.6 Å². The molecule has 1 nitrogen and oxygen atoms in total. The average molecular weight is 225 g/mol. The Balaban J connectivity index is 3.34. The average Bonchev–Trinajstić information content (AvgIpc) is 1.93. The number of phenols is 1. The molecule has 0 saturated carbocycles. The summed E-state index contributed by atoms with van der Waals surface area (Å²) in [5, 5.41) is 9.17. The number of phenolic OH excluding ortho intramolecular Hbond substituents is 1. The fourth-order valence-electron chi connectivity index (χ4n) is 0.516. The van der Waals surface area contributed by atoms with E-state index in [1.165, 1.54) is 6.07 Å². The van der Waals surface area contributed by atoms with Crippen molar-refractivity contribution in [2.24, 2.45) is 0 Å². The first-order valence-corrected chi connectivity index (χ1v) is 3.62. The SMILES string of the molecule is Oc1c(F)ccc(Cl)c1Br. The fourth-order valence-corrected chi connectivity index (χ4v) is 0.990. The molecule has 0 saturated heterocycles. The highest BCUT2D eigenvalue weighted by molar-refractivity contribution is 9.10. The topological polar surface area (TPSA) is 20.2 Å². The van der Waals surface area contributed by atoms with Gasteiger partial charge < -0.3 is 5.11 Å². The second-order valence-electron chi connectivity index (χ2n) is 1.69. The lowest BCUT2D eigenvalue weighted by Gasteiger charge is -1.98. The molecule has 0 atom stereocenters. The maximum Gasteiger partial charge on any atom is 0.167 e. The Labute approximate surface area is 70.6 Å². The van der Waals surface area contributed by atoms with Gasteiger partial charge in [-0.05, 0) is 28.1 Å². The van der Waals surface area contributed by atoms with Gasteiger partial charge in [0.25, 0.3) is 0 Å². The molecule has 54 valence electrons. The first kappa shape index (κ1) is 7.82. The van der Waals surface area contributed by atoms with Crippen LogP contribution in [0.1, 0.15) is 0 Å². The molecule has 0 radical (unpaired) electrons. The first-order chi connectivity index (χ1) is 4.63. The Morgan fingerprint density at radius 3 is 2.60 bits per heavy atom. The summed E-state index contributed by atoms with van der Waals surface area (Å²) >= 11 is 8.42. The van der Waals surface area contributed by atoms with Crippen LogP contribution >= 0.6 is 27.5 Å². The van der Waals surface area contributed by atoms with E-state index in [2.05, 4.69) is 15.9 Å². The van der Waals surface area contributed by atoms with Crippen molar-refractivity contribution in [3.63, 3.8) is 0 Å². The number of hydrogen-bond donors (Lipinski definition) is 1. The molecule has 0 aliphatic rings. The number of hydrogen-bond acceptors (Lipinski definition) is 1. The molecule has 0 aliphatic carbocycles. The van der Waals surface area contributed by atoms with E-state index in [4.69, 9.17) is 16.7 Å². The Hall–Kier alpha value is -0.280. The van der Waals surface area contributed by atoms with Crippen LogP contribution in [-0.4, -0.2) is 5.11 Å². The van der Waals surface area contributed by atoms with E-state index < -0.39 is 11.6 Å². The molecule has 1 rings (SSSR count). The third-order valence-electron chi connectivity index (χ3n) is 1.02. The molecule has 0 unspecified atom stereocenters. The van der Waals surface area contributed by atoms with E-state index >= 15 is 0 Å². The summed E-state index contributed by atoms with van der Waals surface area (Å²) < 4.78 is 12.6. The number of benzene rings is 1. The van der Waals surface area contributed by atoms with Gasteiger partial charge >= 0.3 is 0 Å². The van der Waals surface area contributed by atoms with Crippen LogP contribution < -0.4 is 0 Å². The molecule has 0 heterocycles. The Morgan fingerprint density at radius 1 is 1.50 bits per heavy atom. The van der Waals surface area contributed by atoms with Crippen LogP contribution in [-0.2, 0) is 0 Å². The van der Waals surface area contributed by atoms with E-state index in [1.807, 2.05) is 0 Å². The zero-order chi connectivity index (χ0) is 7.72. The molecule has 1 N–H and O–H groups in total. The van der Waals surface area contributed by atoms with Crippen molar-refractivity contribution in [3.05, 3.63) is 27.4 Å². The molecular weight excluding hydrogens is 222 g/mol. The molecule has 4 heteroatoms. The molecule has 0 bridgehead atoms. The fraction of sp³-hybridized carbons (Fsp3) is 0. The monoisotopic (exact) mass is 224 g/mol. The van der Waals surface area contributed by atoms with Gasteiger partial charge in [0.2, 0.25) is 0 Å². The summed E-state index contributed by atoms with van der Waals surface area (Å²) in [7, 11) is 0. The van der Waals surface area contributed by atoms with Crippen LogP contribution in [0.3, 0.4) is 0 Å². The number of halogens is 3. The second kappa shape index (κ2) is 2.76. The van der Waals surface area contributed by atoms with Gasteiger partial charge in [-0.25, -0.2) is 4.39 Å². The predicted molar refractivity (Wildman–Crippen MR) is 40.8 cm³/mol. The molecular formula is C6H3BrClFO. The maximum atomic E-state index is 12.4. The van der Waals surface area contributed by atoms with Crippen LogP contribution in [0.2, 0.25) is 5.02 Å². The largest absolute Gasteiger partial charge is 0.504 e. The minimum atomic E-state index is -0.684. The van der Waals surface area contributed by atoms with Gasteiger partial charge in [0, 0.05) is 0 Å². The molecule has 0 spiro atoms. The highest BCUT2D eigenvalue weighted by atomic mass is 79.9. The summed E-state index contributed by atoms with van der Waals surface area (Å²) in [4.78, 5) is 0. The number of rotatable bonds is 0. The Kier molecular flexibility index (Phi) is 2.16. The maximum absolute atomic E-state index is 12.4. The minimum Gasteiger partial charge on any atom is -0.504 e. The summed E-state index contributed by atoms with van der Waals surface area (Å²) in [6.07, 6.45) is 0. The van der Waals surface area contributed by atoms with Crippen LogP contribution in [0.25, 0.3) is 0 Å². The lowest BCUT2D eigenvalue weighted by molar-refractivity contribution is 0.429. The molecule has 10 heavy (non-hydrogen) atoms. The Bertz CT molecular complexity index is 237. The highest BCUT2D eigenvalue weighted by Gasteiger charge is 2.07. The zero-order valence-electron chi connectivity index (χ0n) is 4.74. The smallest absolute Gasteiger partial charge is 0.167 e. The van der Waals surface area contributed by atoms with Gasteiger partial charge in [-0.2, -0.15) is 0 Å². The zero-order valence-corrected chi connectivity index (χ0v) is 7.08. The normalized spacial score (nSPS) is 9.90. The van der Waals surface area contributed by atoms with E-state index in [0.29, 0.717) is 5.02 Å². The summed E-state index contributed by atoms with van der Waals surface area (Å²) in [6.45, 7) is 0. The standard InChI is InChI=1S/C6H3BrClFO/c7-5-3(8)1-2-4(9)6(5)10/h1-2,10H. The highest BCUT2D eigenvalue weighted by Crippen LogP contribution is 2.32. The van der Waals surface area contributed by atoms with Gasteiger partial charge in [-0.3, -0.25) is 0 Å². The third-order valence-corrected chi connectivity index (χ3v) is 2.37. The predicted octanol–water partition coefficient (Wildman–Crippen LogP) is 2.95. The van der Waals surface area contributed by atoms with Crippen molar-refractivity contribution in [3.8, 4) is 5.75 Å². The minimum absolute atomic E-state index is 0.189. The third kappa shape index (κ3) is 1.25. The van der Waals surface area contributed by atoms with Gasteiger partial charge in [0.05, 0.1) is 9.50 Å². The molecule has 0 amide bonds. The molecule has 0 aromatic heterocycles. The summed E-state index contributed by atoms with van der Waals surface area (Å²) in [6, 6.07) is 2.46. The number of aromatic hydroxyl groups is 1.